The molecule has 1 aromatic heterocycles. The van der Waals surface area contributed by atoms with Gasteiger partial charge < -0.3 is 9.64 Å². The van der Waals surface area contributed by atoms with Gasteiger partial charge in [0, 0.05) is 18.0 Å². The summed E-state index contributed by atoms with van der Waals surface area (Å²) < 4.78 is 4.95. The highest BCUT2D eigenvalue weighted by Gasteiger charge is 2.31. The lowest BCUT2D eigenvalue weighted by Crippen LogP contribution is -2.29. The second-order valence-corrected chi connectivity index (χ2v) is 6.22. The van der Waals surface area contributed by atoms with Gasteiger partial charge in [-0.05, 0) is 25.7 Å². The van der Waals surface area contributed by atoms with E-state index in [9.17, 15) is 4.79 Å². The van der Waals surface area contributed by atoms with Crippen LogP contribution in [0.5, 0.6) is 0 Å². The number of nitrogens with zero attached hydrogens (tertiary/aromatic N) is 2. The molecule has 0 amide bonds. The molecule has 0 saturated heterocycles. The van der Waals surface area contributed by atoms with E-state index in [1.807, 2.05) is 12.3 Å². The Hall–Kier alpha value is -1.10. The van der Waals surface area contributed by atoms with Crippen molar-refractivity contribution in [3.63, 3.8) is 0 Å². The maximum absolute atomic E-state index is 11.4. The van der Waals surface area contributed by atoms with Crippen molar-refractivity contribution in [2.75, 3.05) is 18.1 Å². The van der Waals surface area contributed by atoms with Gasteiger partial charge in [0.05, 0.1) is 18.7 Å². The van der Waals surface area contributed by atoms with Crippen molar-refractivity contribution >= 4 is 22.4 Å². The topological polar surface area (TPSA) is 42.4 Å². The summed E-state index contributed by atoms with van der Waals surface area (Å²) in [6.07, 6.45) is 2.81. The van der Waals surface area contributed by atoms with Crippen LogP contribution in [0.4, 0.5) is 5.13 Å². The zero-order valence-corrected chi connectivity index (χ0v) is 12.7. The van der Waals surface area contributed by atoms with E-state index in [1.54, 1.807) is 11.3 Å². The lowest BCUT2D eigenvalue weighted by molar-refractivity contribution is -0.142. The van der Waals surface area contributed by atoms with E-state index < -0.39 is 0 Å². The average molecular weight is 282 g/mol. The van der Waals surface area contributed by atoms with Gasteiger partial charge in [0.1, 0.15) is 0 Å². The van der Waals surface area contributed by atoms with Crippen LogP contribution in [0.2, 0.25) is 0 Å². The Bertz CT molecular complexity index is 427. The molecule has 1 aliphatic rings. The smallest absolute Gasteiger partial charge is 0.311 e. The Kier molecular flexibility index (Phi) is 4.80. The lowest BCUT2D eigenvalue weighted by Gasteiger charge is -2.23. The highest BCUT2D eigenvalue weighted by atomic mass is 32.1. The summed E-state index contributed by atoms with van der Waals surface area (Å²) in [4.78, 5) is 18.4. The third-order valence-corrected chi connectivity index (χ3v) is 3.89. The Morgan fingerprint density at radius 1 is 1.58 bits per heavy atom. The van der Waals surface area contributed by atoms with E-state index in [-0.39, 0.29) is 12.4 Å². The maximum Gasteiger partial charge on any atom is 0.311 e. The van der Waals surface area contributed by atoms with Crippen molar-refractivity contribution in [3.8, 4) is 0 Å². The van der Waals surface area contributed by atoms with Gasteiger partial charge in [-0.3, -0.25) is 4.79 Å². The molecule has 1 aliphatic carbocycles. The number of ether oxygens (including phenoxy) is 1. The first-order chi connectivity index (χ1) is 9.10. The molecular formula is C14H22N2O2S. The molecule has 106 valence electrons. The molecule has 4 nitrogen and oxygen atoms in total. The van der Waals surface area contributed by atoms with Crippen LogP contribution in [-0.4, -0.2) is 30.1 Å². The Labute approximate surface area is 118 Å². The highest BCUT2D eigenvalue weighted by molar-refractivity contribution is 7.13. The number of esters is 1. The zero-order chi connectivity index (χ0) is 13.8. The van der Waals surface area contributed by atoms with Gasteiger partial charge >= 0.3 is 5.97 Å². The summed E-state index contributed by atoms with van der Waals surface area (Å²) in [6, 6.07) is 0.656. The second kappa shape index (κ2) is 6.37. The first kappa shape index (κ1) is 14.3. The Morgan fingerprint density at radius 2 is 2.32 bits per heavy atom. The van der Waals surface area contributed by atoms with E-state index in [0.717, 1.165) is 17.4 Å². The van der Waals surface area contributed by atoms with Gasteiger partial charge in [0.15, 0.2) is 5.13 Å². The Morgan fingerprint density at radius 3 is 2.89 bits per heavy atom. The van der Waals surface area contributed by atoms with Gasteiger partial charge in [0.25, 0.3) is 0 Å². The summed E-state index contributed by atoms with van der Waals surface area (Å²) in [5, 5.41) is 3.03. The first-order valence-corrected chi connectivity index (χ1v) is 7.84. The molecular weight excluding hydrogens is 260 g/mol. The van der Waals surface area contributed by atoms with Crippen molar-refractivity contribution in [1.82, 2.24) is 4.98 Å². The molecule has 1 aromatic rings. The van der Waals surface area contributed by atoms with E-state index in [4.69, 9.17) is 4.74 Å². The molecule has 0 unspecified atom stereocenters. The molecule has 0 bridgehead atoms. The van der Waals surface area contributed by atoms with Gasteiger partial charge in [-0.15, -0.1) is 11.3 Å². The van der Waals surface area contributed by atoms with Crippen molar-refractivity contribution < 1.29 is 9.53 Å². The average Bonchev–Trinajstić information content (AvgIpc) is 3.07. The van der Waals surface area contributed by atoms with E-state index in [0.29, 0.717) is 18.6 Å². The fourth-order valence-corrected chi connectivity index (χ4v) is 2.94. The van der Waals surface area contributed by atoms with Crippen LogP contribution < -0.4 is 4.90 Å². The molecule has 0 aliphatic heterocycles. The Balaban J connectivity index is 1.99. The molecule has 1 fully saturated rings. The summed E-state index contributed by atoms with van der Waals surface area (Å²) in [6.45, 7) is 7.74. The fourth-order valence-electron chi connectivity index (χ4n) is 2.03. The number of hydrogen-bond acceptors (Lipinski definition) is 5. The molecule has 1 saturated carbocycles. The number of carbonyl (C=O) groups excluding carboxylic acids is 1. The minimum absolute atomic E-state index is 0.193. The molecule has 2 rings (SSSR count). The predicted octanol–water partition coefficient (Wildman–Crippen LogP) is 2.87. The minimum Gasteiger partial charge on any atom is -0.466 e. The number of rotatable bonds is 7. The highest BCUT2D eigenvalue weighted by Crippen LogP contribution is 2.34. The third kappa shape index (κ3) is 4.20. The van der Waals surface area contributed by atoms with Crippen LogP contribution in [0, 0.1) is 5.92 Å². The van der Waals surface area contributed by atoms with E-state index in [2.05, 4.69) is 23.7 Å². The van der Waals surface area contributed by atoms with Gasteiger partial charge in [-0.1, -0.05) is 13.8 Å². The molecule has 0 spiro atoms. The standard InChI is InChI=1S/C14H22N2O2S/c1-4-18-13(17)7-11-9-19-14(15-11)16(8-10(2)3)12-5-6-12/h9-10,12H,4-8H2,1-3H3. The molecule has 0 aromatic carbocycles. The van der Waals surface area contributed by atoms with Crippen molar-refractivity contribution in [1.29, 1.82) is 0 Å². The number of thiazole rings is 1. The molecule has 0 radical (unpaired) electrons. The van der Waals surface area contributed by atoms with Crippen LogP contribution in [0.25, 0.3) is 0 Å². The second-order valence-electron chi connectivity index (χ2n) is 5.38. The van der Waals surface area contributed by atoms with E-state index in [1.165, 1.54) is 12.8 Å². The van der Waals surface area contributed by atoms with Gasteiger partial charge in [-0.25, -0.2) is 4.98 Å². The number of carbonyl (C=O) groups is 1. The summed E-state index contributed by atoms with van der Waals surface area (Å²) >= 11 is 1.64. The summed E-state index contributed by atoms with van der Waals surface area (Å²) in [5.41, 5.74) is 0.827. The number of hydrogen-bond donors (Lipinski definition) is 0. The lowest BCUT2D eigenvalue weighted by atomic mass is 10.2. The van der Waals surface area contributed by atoms with Crippen LogP contribution in [0.15, 0.2) is 5.38 Å². The monoisotopic (exact) mass is 282 g/mol. The normalized spacial score (nSPS) is 14.7. The van der Waals surface area contributed by atoms with Crippen LogP contribution in [0.3, 0.4) is 0 Å². The van der Waals surface area contributed by atoms with Crippen molar-refractivity contribution in [3.05, 3.63) is 11.1 Å². The molecule has 0 N–H and O–H groups in total. The van der Waals surface area contributed by atoms with Gasteiger partial charge in [0.2, 0.25) is 0 Å². The van der Waals surface area contributed by atoms with E-state index >= 15 is 0 Å². The summed E-state index contributed by atoms with van der Waals surface area (Å²) in [7, 11) is 0. The molecule has 19 heavy (non-hydrogen) atoms. The van der Waals surface area contributed by atoms with Crippen molar-refractivity contribution in [2.24, 2.45) is 5.92 Å². The quantitative estimate of drug-likeness (QED) is 0.721. The van der Waals surface area contributed by atoms with Crippen LogP contribution in [0.1, 0.15) is 39.3 Å². The fraction of sp³-hybridized carbons (Fsp3) is 0.714. The number of aromatic nitrogens is 1. The maximum atomic E-state index is 11.4. The molecule has 1 heterocycles. The largest absolute Gasteiger partial charge is 0.466 e. The first-order valence-electron chi connectivity index (χ1n) is 6.96. The van der Waals surface area contributed by atoms with Crippen LogP contribution >= 0.6 is 11.3 Å². The minimum atomic E-state index is -0.193. The molecule has 5 heteroatoms. The molecule has 0 atom stereocenters. The zero-order valence-electron chi connectivity index (χ0n) is 11.9. The van der Waals surface area contributed by atoms with Gasteiger partial charge in [-0.2, -0.15) is 0 Å². The summed E-state index contributed by atoms with van der Waals surface area (Å²) in [5.74, 6) is 0.430. The number of anilines is 1. The third-order valence-electron chi connectivity index (χ3n) is 2.97. The van der Waals surface area contributed by atoms with Crippen LogP contribution in [-0.2, 0) is 16.0 Å². The SMILES string of the molecule is CCOC(=O)Cc1csc(N(CC(C)C)C2CC2)n1. The predicted molar refractivity (Wildman–Crippen MR) is 77.7 cm³/mol. The van der Waals surface area contributed by atoms with Crippen molar-refractivity contribution in [2.45, 2.75) is 46.1 Å².